The summed E-state index contributed by atoms with van der Waals surface area (Å²) < 4.78 is 7.57. The van der Waals surface area contributed by atoms with E-state index in [1.54, 1.807) is 0 Å². The SMILES string of the molecule is CCO[C@@H]1CCCN(C(=O)c2cc(C3CC3)nn2-c2ccccc2)C1. The molecular formula is C20H25N3O2. The van der Waals surface area contributed by atoms with Crippen molar-refractivity contribution in [3.8, 4) is 5.69 Å². The van der Waals surface area contributed by atoms with Crippen molar-refractivity contribution in [2.45, 2.75) is 44.6 Å². The van der Waals surface area contributed by atoms with Gasteiger partial charge in [0.1, 0.15) is 5.69 Å². The fourth-order valence-corrected chi connectivity index (χ4v) is 3.55. The molecule has 1 aliphatic heterocycles. The van der Waals surface area contributed by atoms with Crippen LogP contribution in [0.15, 0.2) is 36.4 Å². The molecule has 1 aromatic carbocycles. The van der Waals surface area contributed by atoms with Crippen LogP contribution in [0.3, 0.4) is 0 Å². The van der Waals surface area contributed by atoms with Crippen LogP contribution < -0.4 is 0 Å². The number of carbonyl (C=O) groups excluding carboxylic acids is 1. The number of nitrogens with zero attached hydrogens (tertiary/aromatic N) is 3. The maximum atomic E-state index is 13.2. The van der Waals surface area contributed by atoms with Crippen LogP contribution in [0.5, 0.6) is 0 Å². The fraction of sp³-hybridized carbons (Fsp3) is 0.500. The topological polar surface area (TPSA) is 47.4 Å². The molecule has 2 fully saturated rings. The fourth-order valence-electron chi connectivity index (χ4n) is 3.55. The van der Waals surface area contributed by atoms with Crippen molar-refractivity contribution in [2.75, 3.05) is 19.7 Å². The third-order valence-corrected chi connectivity index (χ3v) is 5.01. The highest BCUT2D eigenvalue weighted by molar-refractivity contribution is 5.93. The van der Waals surface area contributed by atoms with Gasteiger partial charge in [-0.2, -0.15) is 5.10 Å². The Morgan fingerprint density at radius 3 is 2.76 bits per heavy atom. The van der Waals surface area contributed by atoms with Crippen molar-refractivity contribution in [1.82, 2.24) is 14.7 Å². The third kappa shape index (κ3) is 3.47. The summed E-state index contributed by atoms with van der Waals surface area (Å²) >= 11 is 0. The summed E-state index contributed by atoms with van der Waals surface area (Å²) in [5.74, 6) is 0.585. The number of amides is 1. The maximum Gasteiger partial charge on any atom is 0.272 e. The van der Waals surface area contributed by atoms with Gasteiger partial charge in [-0.15, -0.1) is 0 Å². The predicted octanol–water partition coefficient (Wildman–Crippen LogP) is 3.39. The summed E-state index contributed by atoms with van der Waals surface area (Å²) in [7, 11) is 0. The molecule has 2 aromatic rings. The zero-order valence-electron chi connectivity index (χ0n) is 14.7. The molecule has 4 rings (SSSR count). The second-order valence-corrected chi connectivity index (χ2v) is 6.95. The van der Waals surface area contributed by atoms with Gasteiger partial charge in [0.25, 0.3) is 5.91 Å². The van der Waals surface area contributed by atoms with Gasteiger partial charge in [-0.05, 0) is 50.8 Å². The van der Waals surface area contributed by atoms with E-state index in [-0.39, 0.29) is 12.0 Å². The Labute approximate surface area is 148 Å². The molecule has 0 spiro atoms. The van der Waals surface area contributed by atoms with Crippen molar-refractivity contribution in [3.63, 3.8) is 0 Å². The molecule has 1 saturated carbocycles. The molecule has 2 aliphatic rings. The standard InChI is InChI=1S/C20H25N3O2/c1-2-25-17-9-6-12-22(14-17)20(24)19-13-18(15-10-11-15)21-23(19)16-7-4-3-5-8-16/h3-5,7-8,13,15,17H,2,6,9-12,14H2,1H3/t17-/m1/s1. The summed E-state index contributed by atoms with van der Waals surface area (Å²) in [5.41, 5.74) is 2.66. The predicted molar refractivity (Wildman–Crippen MR) is 96.1 cm³/mol. The lowest BCUT2D eigenvalue weighted by molar-refractivity contribution is 0.00692. The number of hydrogen-bond acceptors (Lipinski definition) is 3. The first-order chi connectivity index (χ1) is 12.3. The average molecular weight is 339 g/mol. The Morgan fingerprint density at radius 1 is 1.24 bits per heavy atom. The summed E-state index contributed by atoms with van der Waals surface area (Å²) in [6.07, 6.45) is 4.53. The highest BCUT2D eigenvalue weighted by Gasteiger charge is 2.31. The first-order valence-corrected chi connectivity index (χ1v) is 9.32. The Kier molecular flexibility index (Phi) is 4.57. The van der Waals surface area contributed by atoms with Crippen LogP contribution in [-0.2, 0) is 4.74 Å². The van der Waals surface area contributed by atoms with E-state index < -0.39 is 0 Å². The summed E-state index contributed by atoms with van der Waals surface area (Å²) in [6.45, 7) is 4.17. The van der Waals surface area contributed by atoms with Crippen molar-refractivity contribution < 1.29 is 9.53 Å². The van der Waals surface area contributed by atoms with E-state index in [1.165, 1.54) is 12.8 Å². The van der Waals surface area contributed by atoms with Crippen LogP contribution in [0, 0.1) is 0 Å². The molecule has 0 unspecified atom stereocenters. The van der Waals surface area contributed by atoms with Crippen LogP contribution in [0.1, 0.15) is 54.7 Å². The van der Waals surface area contributed by atoms with E-state index >= 15 is 0 Å². The monoisotopic (exact) mass is 339 g/mol. The second kappa shape index (κ2) is 7.00. The average Bonchev–Trinajstić information content (AvgIpc) is 3.41. The van der Waals surface area contributed by atoms with Crippen molar-refractivity contribution in [3.05, 3.63) is 47.8 Å². The van der Waals surface area contributed by atoms with Gasteiger partial charge in [0.05, 0.1) is 17.5 Å². The Bertz CT molecular complexity index is 735. The highest BCUT2D eigenvalue weighted by atomic mass is 16.5. The van der Waals surface area contributed by atoms with Crippen LogP contribution in [0.2, 0.25) is 0 Å². The van der Waals surface area contributed by atoms with Crippen molar-refractivity contribution in [2.24, 2.45) is 0 Å². The number of aromatic nitrogens is 2. The van der Waals surface area contributed by atoms with E-state index in [9.17, 15) is 4.79 Å². The normalized spacial score (nSPS) is 20.7. The van der Waals surface area contributed by atoms with E-state index in [1.807, 2.05) is 52.9 Å². The zero-order chi connectivity index (χ0) is 17.2. The molecule has 1 amide bonds. The van der Waals surface area contributed by atoms with E-state index in [0.717, 1.165) is 30.8 Å². The van der Waals surface area contributed by atoms with Gasteiger partial charge in [0, 0.05) is 25.6 Å². The maximum absolute atomic E-state index is 13.2. The second-order valence-electron chi connectivity index (χ2n) is 6.95. The molecule has 25 heavy (non-hydrogen) atoms. The summed E-state index contributed by atoms with van der Waals surface area (Å²) in [5, 5.41) is 4.75. The van der Waals surface area contributed by atoms with Crippen molar-refractivity contribution in [1.29, 1.82) is 0 Å². The molecule has 0 radical (unpaired) electrons. The lowest BCUT2D eigenvalue weighted by Crippen LogP contribution is -2.43. The van der Waals surface area contributed by atoms with Crippen LogP contribution in [-0.4, -0.2) is 46.4 Å². The van der Waals surface area contributed by atoms with E-state index in [2.05, 4.69) is 0 Å². The molecule has 5 nitrogen and oxygen atoms in total. The molecule has 0 N–H and O–H groups in total. The zero-order valence-corrected chi connectivity index (χ0v) is 14.7. The molecular weight excluding hydrogens is 314 g/mol. The lowest BCUT2D eigenvalue weighted by Gasteiger charge is -2.32. The molecule has 1 aliphatic carbocycles. The van der Waals surface area contributed by atoms with Gasteiger partial charge in [0.2, 0.25) is 0 Å². The Hall–Kier alpha value is -2.14. The Morgan fingerprint density at radius 2 is 2.04 bits per heavy atom. The molecule has 1 saturated heterocycles. The van der Waals surface area contributed by atoms with Gasteiger partial charge < -0.3 is 9.64 Å². The highest BCUT2D eigenvalue weighted by Crippen LogP contribution is 2.40. The van der Waals surface area contributed by atoms with Gasteiger partial charge in [0.15, 0.2) is 0 Å². The minimum atomic E-state index is 0.0626. The van der Waals surface area contributed by atoms with Gasteiger partial charge >= 0.3 is 0 Å². The smallest absolute Gasteiger partial charge is 0.272 e. The molecule has 0 bridgehead atoms. The Balaban J connectivity index is 1.63. The third-order valence-electron chi connectivity index (χ3n) is 5.01. The van der Waals surface area contributed by atoms with Gasteiger partial charge in [-0.1, -0.05) is 18.2 Å². The number of piperidine rings is 1. The van der Waals surface area contributed by atoms with Crippen LogP contribution in [0.25, 0.3) is 5.69 Å². The molecule has 2 heterocycles. The first-order valence-electron chi connectivity index (χ1n) is 9.32. The molecule has 1 atom stereocenters. The number of likely N-dealkylation sites (tertiary alicyclic amines) is 1. The molecule has 5 heteroatoms. The van der Waals surface area contributed by atoms with Crippen LogP contribution in [0.4, 0.5) is 0 Å². The quantitative estimate of drug-likeness (QED) is 0.839. The molecule has 132 valence electrons. The first kappa shape index (κ1) is 16.3. The number of para-hydroxylation sites is 1. The molecule has 1 aromatic heterocycles. The number of hydrogen-bond donors (Lipinski definition) is 0. The van der Waals surface area contributed by atoms with Gasteiger partial charge in [-0.25, -0.2) is 4.68 Å². The minimum Gasteiger partial charge on any atom is -0.377 e. The van der Waals surface area contributed by atoms with E-state index in [0.29, 0.717) is 24.8 Å². The van der Waals surface area contributed by atoms with E-state index in [4.69, 9.17) is 9.84 Å². The lowest BCUT2D eigenvalue weighted by atomic mass is 10.1. The largest absolute Gasteiger partial charge is 0.377 e. The number of ether oxygens (including phenoxy) is 1. The minimum absolute atomic E-state index is 0.0626. The van der Waals surface area contributed by atoms with Crippen molar-refractivity contribution >= 4 is 5.91 Å². The number of carbonyl (C=O) groups is 1. The summed E-state index contributed by atoms with van der Waals surface area (Å²) in [6, 6.07) is 11.9. The number of benzene rings is 1. The number of rotatable bonds is 5. The summed E-state index contributed by atoms with van der Waals surface area (Å²) in [4.78, 5) is 15.1. The van der Waals surface area contributed by atoms with Crippen LogP contribution >= 0.6 is 0 Å². The van der Waals surface area contributed by atoms with Gasteiger partial charge in [-0.3, -0.25) is 4.79 Å².